The largest absolute Gasteiger partial charge is 0.508 e. The van der Waals surface area contributed by atoms with E-state index in [2.05, 4.69) is 10.1 Å². The number of methoxy groups -OCH3 is 1. The molecule has 1 aliphatic carbocycles. The highest BCUT2D eigenvalue weighted by Crippen LogP contribution is 2.42. The van der Waals surface area contributed by atoms with Gasteiger partial charge in [-0.2, -0.15) is 4.98 Å². The second-order valence-corrected chi connectivity index (χ2v) is 4.91. The molecule has 0 amide bonds. The number of nitrogens with zero attached hydrogens (tertiary/aromatic N) is 2. The number of phenolic OH excluding ortho intramolecular Hbond substituents is 1. The highest BCUT2D eigenvalue weighted by Gasteiger charge is 2.43. The Morgan fingerprint density at radius 2 is 2.26 bits per heavy atom. The summed E-state index contributed by atoms with van der Waals surface area (Å²) in [5.41, 5.74) is 0.593. The van der Waals surface area contributed by atoms with Gasteiger partial charge >= 0.3 is 0 Å². The van der Waals surface area contributed by atoms with E-state index in [0.717, 1.165) is 24.8 Å². The van der Waals surface area contributed by atoms with Gasteiger partial charge in [-0.05, 0) is 37.0 Å². The summed E-state index contributed by atoms with van der Waals surface area (Å²) in [6.45, 7) is 0. The minimum atomic E-state index is -0.347. The van der Waals surface area contributed by atoms with Crippen LogP contribution in [-0.4, -0.2) is 22.4 Å². The van der Waals surface area contributed by atoms with Gasteiger partial charge in [0.25, 0.3) is 0 Å². The van der Waals surface area contributed by atoms with E-state index in [-0.39, 0.29) is 11.4 Å². The van der Waals surface area contributed by atoms with Crippen LogP contribution >= 0.6 is 0 Å². The topological polar surface area (TPSA) is 68.4 Å². The van der Waals surface area contributed by atoms with Crippen LogP contribution in [0, 0.1) is 0 Å². The quantitative estimate of drug-likeness (QED) is 0.914. The molecule has 0 unspecified atom stereocenters. The van der Waals surface area contributed by atoms with Crippen molar-refractivity contribution in [1.82, 2.24) is 10.1 Å². The third-order valence-corrected chi connectivity index (χ3v) is 3.69. The minimum absolute atomic E-state index is 0.240. The summed E-state index contributed by atoms with van der Waals surface area (Å²) in [5.74, 6) is 1.42. The predicted molar refractivity (Wildman–Crippen MR) is 67.7 cm³/mol. The van der Waals surface area contributed by atoms with Crippen molar-refractivity contribution in [1.29, 1.82) is 0 Å². The third-order valence-electron chi connectivity index (χ3n) is 3.69. The molecule has 1 saturated carbocycles. The van der Waals surface area contributed by atoms with Gasteiger partial charge in [-0.15, -0.1) is 0 Å². The first kappa shape index (κ1) is 12.2. The summed E-state index contributed by atoms with van der Waals surface area (Å²) in [5, 5.41) is 13.5. The molecule has 1 aromatic heterocycles. The van der Waals surface area contributed by atoms with E-state index in [1.54, 1.807) is 25.3 Å². The summed E-state index contributed by atoms with van der Waals surface area (Å²) in [6, 6.07) is 7.04. The molecule has 100 valence electrons. The van der Waals surface area contributed by atoms with Gasteiger partial charge in [0.1, 0.15) is 11.4 Å². The lowest BCUT2D eigenvalue weighted by atomic mass is 9.79. The highest BCUT2D eigenvalue weighted by atomic mass is 16.5. The third kappa shape index (κ3) is 2.21. The average molecular weight is 260 g/mol. The van der Waals surface area contributed by atoms with Crippen LogP contribution in [-0.2, 0) is 16.8 Å². The molecule has 2 aromatic rings. The molecule has 19 heavy (non-hydrogen) atoms. The summed E-state index contributed by atoms with van der Waals surface area (Å²) in [7, 11) is 1.68. The van der Waals surface area contributed by atoms with Gasteiger partial charge in [0.15, 0.2) is 0 Å². The zero-order valence-corrected chi connectivity index (χ0v) is 10.8. The number of ether oxygens (including phenoxy) is 1. The van der Waals surface area contributed by atoms with Crippen LogP contribution in [0.4, 0.5) is 0 Å². The minimum Gasteiger partial charge on any atom is -0.508 e. The van der Waals surface area contributed by atoms with Gasteiger partial charge in [-0.1, -0.05) is 17.3 Å². The second-order valence-electron chi connectivity index (χ2n) is 4.91. The smallest absolute Gasteiger partial charge is 0.231 e. The van der Waals surface area contributed by atoms with Crippen LogP contribution < -0.4 is 0 Å². The number of rotatable bonds is 4. The summed E-state index contributed by atoms with van der Waals surface area (Å²) in [4.78, 5) is 4.42. The fourth-order valence-corrected chi connectivity index (χ4v) is 2.37. The molecule has 5 heteroatoms. The number of benzene rings is 1. The van der Waals surface area contributed by atoms with Gasteiger partial charge < -0.3 is 14.4 Å². The van der Waals surface area contributed by atoms with Crippen molar-refractivity contribution in [3.05, 3.63) is 41.5 Å². The predicted octanol–water partition coefficient (Wildman–Crippen LogP) is 2.39. The lowest BCUT2D eigenvalue weighted by Crippen LogP contribution is -2.37. The molecule has 3 rings (SSSR count). The van der Waals surface area contributed by atoms with Crippen molar-refractivity contribution in [2.75, 3.05) is 7.11 Å². The van der Waals surface area contributed by atoms with Crippen LogP contribution in [0.3, 0.4) is 0 Å². The molecular weight excluding hydrogens is 244 g/mol. The average Bonchev–Trinajstić information content (AvgIpc) is 2.77. The van der Waals surface area contributed by atoms with Crippen molar-refractivity contribution in [3.8, 4) is 5.75 Å². The molecule has 0 radical (unpaired) electrons. The Morgan fingerprint density at radius 3 is 2.89 bits per heavy atom. The SMILES string of the molecule is COC1(c2noc(Cc3cccc(O)c3)n2)CCC1. The van der Waals surface area contributed by atoms with E-state index in [1.165, 1.54) is 0 Å². The van der Waals surface area contributed by atoms with Gasteiger partial charge in [-0.25, -0.2) is 0 Å². The summed E-state index contributed by atoms with van der Waals surface area (Å²) >= 11 is 0. The van der Waals surface area contributed by atoms with Crippen molar-refractivity contribution >= 4 is 0 Å². The Morgan fingerprint density at radius 1 is 1.42 bits per heavy atom. The molecule has 0 atom stereocenters. The van der Waals surface area contributed by atoms with Crippen LogP contribution in [0.5, 0.6) is 5.75 Å². The molecule has 1 N–H and O–H groups in total. The van der Waals surface area contributed by atoms with E-state index in [4.69, 9.17) is 9.26 Å². The zero-order valence-electron chi connectivity index (χ0n) is 10.8. The summed E-state index contributed by atoms with van der Waals surface area (Å²) < 4.78 is 10.8. The molecule has 0 spiro atoms. The summed E-state index contributed by atoms with van der Waals surface area (Å²) in [6.07, 6.45) is 3.52. The maximum atomic E-state index is 9.42. The fraction of sp³-hybridized carbons (Fsp3) is 0.429. The monoisotopic (exact) mass is 260 g/mol. The van der Waals surface area contributed by atoms with Crippen LogP contribution in [0.15, 0.2) is 28.8 Å². The van der Waals surface area contributed by atoms with Crippen molar-refractivity contribution < 1.29 is 14.4 Å². The molecular formula is C14H16N2O3. The normalized spacial score (nSPS) is 17.1. The molecule has 0 aliphatic heterocycles. The highest BCUT2D eigenvalue weighted by molar-refractivity contribution is 5.28. The number of aromatic nitrogens is 2. The van der Waals surface area contributed by atoms with E-state index >= 15 is 0 Å². The Bertz CT molecular complexity index is 570. The van der Waals surface area contributed by atoms with Crippen molar-refractivity contribution in [3.63, 3.8) is 0 Å². The molecule has 1 aromatic carbocycles. The van der Waals surface area contributed by atoms with E-state index in [1.807, 2.05) is 6.07 Å². The Hall–Kier alpha value is -1.88. The van der Waals surface area contributed by atoms with E-state index in [0.29, 0.717) is 18.1 Å². The molecule has 1 aliphatic rings. The van der Waals surface area contributed by atoms with E-state index < -0.39 is 0 Å². The van der Waals surface area contributed by atoms with Crippen molar-refractivity contribution in [2.45, 2.75) is 31.3 Å². The molecule has 0 bridgehead atoms. The number of phenols is 1. The van der Waals surface area contributed by atoms with Gasteiger partial charge in [0, 0.05) is 7.11 Å². The molecule has 1 heterocycles. The Kier molecular flexibility index (Phi) is 2.98. The maximum Gasteiger partial charge on any atom is 0.231 e. The standard InChI is InChI=1S/C14H16N2O3/c1-18-14(6-3-7-14)13-15-12(19-16-13)9-10-4-2-5-11(17)8-10/h2,4-5,8,17H,3,6-7,9H2,1H3. The zero-order chi connectivity index (χ0) is 13.3. The first-order valence-electron chi connectivity index (χ1n) is 6.38. The first-order chi connectivity index (χ1) is 9.22. The molecule has 0 saturated heterocycles. The lowest BCUT2D eigenvalue weighted by Gasteiger charge is -2.37. The fourth-order valence-electron chi connectivity index (χ4n) is 2.37. The number of hydrogen-bond donors (Lipinski definition) is 1. The van der Waals surface area contributed by atoms with Gasteiger partial charge in [0.05, 0.1) is 6.42 Å². The van der Waals surface area contributed by atoms with Crippen LogP contribution in [0.2, 0.25) is 0 Å². The van der Waals surface area contributed by atoms with Gasteiger partial charge in [0.2, 0.25) is 11.7 Å². The van der Waals surface area contributed by atoms with E-state index in [9.17, 15) is 5.11 Å². The molecule has 5 nitrogen and oxygen atoms in total. The maximum absolute atomic E-state index is 9.42. The lowest BCUT2D eigenvalue weighted by molar-refractivity contribution is -0.0858. The second kappa shape index (κ2) is 4.66. The van der Waals surface area contributed by atoms with Crippen LogP contribution in [0.25, 0.3) is 0 Å². The van der Waals surface area contributed by atoms with Crippen LogP contribution in [0.1, 0.15) is 36.5 Å². The first-order valence-corrected chi connectivity index (χ1v) is 6.38. The Labute approximate surface area is 111 Å². The Balaban J connectivity index is 1.78. The van der Waals surface area contributed by atoms with Gasteiger partial charge in [-0.3, -0.25) is 0 Å². The molecule has 1 fully saturated rings. The number of aromatic hydroxyl groups is 1. The van der Waals surface area contributed by atoms with Crippen molar-refractivity contribution in [2.24, 2.45) is 0 Å². The number of hydrogen-bond acceptors (Lipinski definition) is 5.